The molecule has 1 aliphatic heterocycles. The Balaban J connectivity index is 1.49. The average molecular weight is 525 g/mol. The van der Waals surface area contributed by atoms with Gasteiger partial charge in [0.05, 0.1) is 0 Å². The molecule has 1 aromatic heterocycles. The van der Waals surface area contributed by atoms with E-state index in [1.54, 1.807) is 30.3 Å². The highest BCUT2D eigenvalue weighted by molar-refractivity contribution is 7.92. The predicted molar refractivity (Wildman–Crippen MR) is 138 cm³/mol. The van der Waals surface area contributed by atoms with E-state index in [1.807, 2.05) is 19.1 Å². The molecule has 1 aliphatic carbocycles. The quantitative estimate of drug-likeness (QED) is 0.394. The van der Waals surface area contributed by atoms with Crippen LogP contribution in [0.5, 0.6) is 0 Å². The van der Waals surface area contributed by atoms with Gasteiger partial charge in [0.2, 0.25) is 0 Å². The van der Waals surface area contributed by atoms with Crippen LogP contribution in [-0.2, 0) is 19.6 Å². The van der Waals surface area contributed by atoms with Crippen molar-refractivity contribution in [3.05, 3.63) is 82.8 Å². The van der Waals surface area contributed by atoms with Crippen molar-refractivity contribution in [1.29, 1.82) is 0 Å². The molecule has 0 saturated heterocycles. The van der Waals surface area contributed by atoms with Crippen LogP contribution in [0.4, 0.5) is 5.69 Å². The van der Waals surface area contributed by atoms with Crippen LogP contribution in [0.2, 0.25) is 5.02 Å². The molecular weight excluding hydrogens is 500 g/mol. The number of pyridine rings is 1. The van der Waals surface area contributed by atoms with E-state index >= 15 is 0 Å². The van der Waals surface area contributed by atoms with E-state index in [0.29, 0.717) is 40.2 Å². The van der Waals surface area contributed by atoms with E-state index in [-0.39, 0.29) is 16.2 Å². The normalized spacial score (nSPS) is 17.3. The largest absolute Gasteiger partial charge is 0.507 e. The summed E-state index contributed by atoms with van der Waals surface area (Å²) in [6.45, 7) is 1.84. The van der Waals surface area contributed by atoms with Crippen LogP contribution in [0.15, 0.2) is 71.6 Å². The molecule has 0 unspecified atom stereocenters. The first-order chi connectivity index (χ1) is 17.2. The maximum absolute atomic E-state index is 12.8. The molecule has 2 aromatic carbocycles. The summed E-state index contributed by atoms with van der Waals surface area (Å²) in [4.78, 5) is 16.7. The van der Waals surface area contributed by atoms with Crippen molar-refractivity contribution in [2.75, 3.05) is 4.72 Å². The number of nitrogens with one attached hydrogen (secondary N) is 1. The van der Waals surface area contributed by atoms with Crippen molar-refractivity contribution >= 4 is 38.9 Å². The molecule has 1 saturated carbocycles. The van der Waals surface area contributed by atoms with Crippen LogP contribution in [0.3, 0.4) is 0 Å². The van der Waals surface area contributed by atoms with Crippen LogP contribution in [0.25, 0.3) is 16.7 Å². The number of anilines is 1. The van der Waals surface area contributed by atoms with E-state index in [9.17, 15) is 18.3 Å². The second-order valence-electron chi connectivity index (χ2n) is 9.19. The topological polar surface area (TPSA) is 106 Å². The van der Waals surface area contributed by atoms with Crippen LogP contribution in [-0.4, -0.2) is 30.1 Å². The van der Waals surface area contributed by atoms with Crippen LogP contribution in [0, 0.1) is 6.92 Å². The number of carbonyl (C=O) groups excluding carboxylic acids is 1. The SMILES string of the molecule is Cc1cc(-c2cccc(NS(=O)(=O)c3cccnc3)c2)c(Cl)cc1C1=C(O)C2(CCCCC2)OC1=O. The smallest absolute Gasteiger partial charge is 0.343 e. The fourth-order valence-corrected chi connectivity index (χ4v) is 6.23. The third-order valence-electron chi connectivity index (χ3n) is 6.78. The number of hydrogen-bond donors (Lipinski definition) is 2. The third kappa shape index (κ3) is 4.35. The molecule has 36 heavy (non-hydrogen) atoms. The Morgan fingerprint density at radius 3 is 2.56 bits per heavy atom. The van der Waals surface area contributed by atoms with E-state index in [2.05, 4.69) is 9.71 Å². The number of halogens is 1. The Morgan fingerprint density at radius 2 is 1.83 bits per heavy atom. The molecule has 1 fully saturated rings. The number of hydrogen-bond acceptors (Lipinski definition) is 6. The Labute approximate surface area is 214 Å². The van der Waals surface area contributed by atoms with Crippen molar-refractivity contribution in [2.24, 2.45) is 0 Å². The molecule has 0 radical (unpaired) electrons. The Kier molecular flexibility index (Phi) is 6.26. The zero-order valence-electron chi connectivity index (χ0n) is 19.6. The van der Waals surface area contributed by atoms with Gasteiger partial charge in [-0.3, -0.25) is 9.71 Å². The number of carbonyl (C=O) groups is 1. The highest BCUT2D eigenvalue weighted by Crippen LogP contribution is 2.46. The number of ether oxygens (including phenoxy) is 1. The fourth-order valence-electron chi connectivity index (χ4n) is 4.94. The third-order valence-corrected chi connectivity index (χ3v) is 8.45. The standard InChI is InChI=1S/C27H25ClN2O5S/c1-17-13-22(18-7-5-8-19(14-18)30-36(33,34)20-9-6-12-29-16-20)23(28)15-21(17)24-25(31)27(35-26(24)32)10-3-2-4-11-27/h5-9,12-16,30-31H,2-4,10-11H2,1H3. The zero-order chi connectivity index (χ0) is 25.5. The molecule has 5 rings (SSSR count). The van der Waals surface area contributed by atoms with Crippen LogP contribution < -0.4 is 4.72 Å². The molecule has 3 aromatic rings. The predicted octanol–water partition coefficient (Wildman–Crippen LogP) is 6.04. The number of aryl methyl sites for hydroxylation is 1. The Morgan fingerprint density at radius 1 is 1.06 bits per heavy atom. The number of aliphatic hydroxyl groups excluding tert-OH is 1. The molecule has 2 aliphatic rings. The number of aliphatic hydroxyl groups is 1. The number of rotatable bonds is 5. The summed E-state index contributed by atoms with van der Waals surface area (Å²) in [5.41, 5.74) is 2.23. The van der Waals surface area contributed by atoms with Gasteiger partial charge in [-0.05, 0) is 85.7 Å². The molecule has 2 heterocycles. The Hall–Kier alpha value is -3.36. The number of nitrogens with zero attached hydrogens (tertiary/aromatic N) is 1. The first kappa shape index (κ1) is 24.3. The fraction of sp³-hybridized carbons (Fsp3) is 0.259. The lowest BCUT2D eigenvalue weighted by molar-refractivity contribution is -0.149. The summed E-state index contributed by atoms with van der Waals surface area (Å²) < 4.78 is 33.7. The number of aromatic nitrogens is 1. The van der Waals surface area contributed by atoms with Crippen LogP contribution >= 0.6 is 11.6 Å². The molecule has 0 bridgehead atoms. The average Bonchev–Trinajstić information content (AvgIpc) is 3.09. The molecule has 0 amide bonds. The first-order valence-electron chi connectivity index (χ1n) is 11.7. The lowest BCUT2D eigenvalue weighted by atomic mass is 9.82. The first-order valence-corrected chi connectivity index (χ1v) is 13.6. The number of sulfonamides is 1. The van der Waals surface area contributed by atoms with Crippen molar-refractivity contribution < 1.29 is 23.1 Å². The van der Waals surface area contributed by atoms with Gasteiger partial charge in [-0.1, -0.05) is 30.2 Å². The van der Waals surface area contributed by atoms with Gasteiger partial charge in [-0.25, -0.2) is 13.2 Å². The Bertz CT molecular complexity index is 1480. The van der Waals surface area contributed by atoms with E-state index in [1.165, 1.54) is 18.5 Å². The van der Waals surface area contributed by atoms with Crippen molar-refractivity contribution in [3.63, 3.8) is 0 Å². The van der Waals surface area contributed by atoms with Gasteiger partial charge in [-0.15, -0.1) is 0 Å². The van der Waals surface area contributed by atoms with E-state index < -0.39 is 21.6 Å². The molecular formula is C27H25ClN2O5S. The van der Waals surface area contributed by atoms with Gasteiger partial charge in [0.1, 0.15) is 10.5 Å². The number of benzene rings is 2. The summed E-state index contributed by atoms with van der Waals surface area (Å²) in [6.07, 6.45) is 6.85. The second-order valence-corrected chi connectivity index (χ2v) is 11.3. The minimum Gasteiger partial charge on any atom is -0.507 e. The molecule has 186 valence electrons. The molecule has 9 heteroatoms. The lowest BCUT2D eigenvalue weighted by Crippen LogP contribution is -2.34. The molecule has 0 atom stereocenters. The summed E-state index contributed by atoms with van der Waals surface area (Å²) >= 11 is 6.67. The number of esters is 1. The monoisotopic (exact) mass is 524 g/mol. The molecule has 1 spiro atoms. The van der Waals surface area contributed by atoms with Crippen molar-refractivity contribution in [2.45, 2.75) is 49.5 Å². The van der Waals surface area contributed by atoms with Crippen LogP contribution in [0.1, 0.15) is 43.2 Å². The summed E-state index contributed by atoms with van der Waals surface area (Å²) in [7, 11) is -3.81. The molecule has 7 nitrogen and oxygen atoms in total. The second kappa shape index (κ2) is 9.26. The van der Waals surface area contributed by atoms with Gasteiger partial charge in [-0.2, -0.15) is 0 Å². The van der Waals surface area contributed by atoms with E-state index in [0.717, 1.165) is 24.8 Å². The minimum atomic E-state index is -3.81. The maximum atomic E-state index is 12.8. The highest BCUT2D eigenvalue weighted by atomic mass is 35.5. The van der Waals surface area contributed by atoms with Gasteiger partial charge in [0, 0.05) is 28.7 Å². The van der Waals surface area contributed by atoms with Gasteiger partial charge in [0.15, 0.2) is 11.4 Å². The van der Waals surface area contributed by atoms with E-state index in [4.69, 9.17) is 16.3 Å². The maximum Gasteiger partial charge on any atom is 0.343 e. The highest BCUT2D eigenvalue weighted by Gasteiger charge is 2.49. The van der Waals surface area contributed by atoms with Gasteiger partial charge >= 0.3 is 5.97 Å². The molecule has 2 N–H and O–H groups in total. The van der Waals surface area contributed by atoms with Gasteiger partial charge in [0.25, 0.3) is 10.0 Å². The lowest BCUT2D eigenvalue weighted by Gasteiger charge is -2.31. The summed E-state index contributed by atoms with van der Waals surface area (Å²) in [5.74, 6) is -0.543. The zero-order valence-corrected chi connectivity index (χ0v) is 21.2. The summed E-state index contributed by atoms with van der Waals surface area (Å²) in [6, 6.07) is 13.4. The minimum absolute atomic E-state index is 0.00841. The van der Waals surface area contributed by atoms with Crippen molar-refractivity contribution in [3.8, 4) is 11.1 Å². The van der Waals surface area contributed by atoms with Crippen molar-refractivity contribution in [1.82, 2.24) is 4.98 Å². The summed E-state index contributed by atoms with van der Waals surface area (Å²) in [5, 5.41) is 11.4. The van der Waals surface area contributed by atoms with Gasteiger partial charge < -0.3 is 9.84 Å².